The molecule has 0 saturated carbocycles. The molecule has 8 nitrogen and oxygen atoms in total. The highest BCUT2D eigenvalue weighted by atomic mass is 127. The van der Waals surface area contributed by atoms with E-state index in [0.29, 0.717) is 11.3 Å². The van der Waals surface area contributed by atoms with Crippen molar-refractivity contribution in [3.8, 4) is 5.75 Å². The fraction of sp³-hybridized carbons (Fsp3) is 0.423. The highest BCUT2D eigenvalue weighted by Crippen LogP contribution is 2.29. The molecule has 2 rings (SSSR count). The maximum Gasteiger partial charge on any atom is 0.409 e. The van der Waals surface area contributed by atoms with Gasteiger partial charge in [-0.3, -0.25) is 5.32 Å². The monoisotopic (exact) mass is 597 g/mol. The topological polar surface area (TPSA) is 100 Å². The van der Waals surface area contributed by atoms with Crippen LogP contribution >= 0.6 is 22.6 Å². The van der Waals surface area contributed by atoms with Crippen LogP contribution in [0.25, 0.3) is 0 Å². The van der Waals surface area contributed by atoms with E-state index in [1.54, 1.807) is 46.8 Å². The minimum atomic E-state index is -2.18. The van der Waals surface area contributed by atoms with E-state index in [9.17, 15) is 14.4 Å². The van der Waals surface area contributed by atoms with Gasteiger partial charge in [0, 0.05) is 9.99 Å². The largest absolute Gasteiger partial charge is 0.489 e. The average Bonchev–Trinajstić information content (AvgIpc) is 2.77. The summed E-state index contributed by atoms with van der Waals surface area (Å²) >= 11 is 2.12. The normalized spacial score (nSPS) is 11.4. The van der Waals surface area contributed by atoms with Crippen LogP contribution in [0.2, 0.25) is 0 Å². The molecule has 0 aromatic heterocycles. The van der Waals surface area contributed by atoms with Crippen LogP contribution in [0.4, 0.5) is 4.79 Å². The van der Waals surface area contributed by atoms with Crippen molar-refractivity contribution in [3.63, 3.8) is 0 Å². The number of alkyl carbamates (subject to hydrolysis) is 1. The van der Waals surface area contributed by atoms with Crippen LogP contribution in [0.1, 0.15) is 45.7 Å². The van der Waals surface area contributed by atoms with Gasteiger partial charge in [-0.2, -0.15) is 0 Å². The Hall–Kier alpha value is -2.82. The van der Waals surface area contributed by atoms with E-state index >= 15 is 0 Å². The molecule has 0 radical (unpaired) electrons. The smallest absolute Gasteiger partial charge is 0.409 e. The minimum absolute atomic E-state index is 0.000322. The summed E-state index contributed by atoms with van der Waals surface area (Å²) in [4.78, 5) is 39.2. The van der Waals surface area contributed by atoms with E-state index in [0.717, 1.165) is 9.13 Å². The molecule has 1 amide bonds. The predicted octanol–water partition coefficient (Wildman–Crippen LogP) is 4.80. The third-order valence-electron chi connectivity index (χ3n) is 4.68. The van der Waals surface area contributed by atoms with Crippen LogP contribution < -0.4 is 10.1 Å². The molecule has 35 heavy (non-hydrogen) atoms. The number of rotatable bonds is 10. The van der Waals surface area contributed by atoms with Crippen LogP contribution in [0, 0.1) is 3.57 Å². The third kappa shape index (κ3) is 8.41. The predicted molar refractivity (Wildman–Crippen MR) is 139 cm³/mol. The number of nitrogens with one attached hydrogen (secondary N) is 1. The molecule has 1 N–H and O–H groups in total. The van der Waals surface area contributed by atoms with Gasteiger partial charge in [-0.25, -0.2) is 14.4 Å². The zero-order valence-corrected chi connectivity index (χ0v) is 22.8. The second-order valence-electron chi connectivity index (χ2n) is 8.68. The molecule has 0 atom stereocenters. The van der Waals surface area contributed by atoms with E-state index in [-0.39, 0.29) is 26.2 Å². The van der Waals surface area contributed by atoms with Crippen molar-refractivity contribution in [2.24, 2.45) is 0 Å². The lowest BCUT2D eigenvalue weighted by Crippen LogP contribution is -2.63. The molecule has 2 aromatic rings. The molecule has 0 aliphatic rings. The number of hydrogen-bond donors (Lipinski definition) is 1. The van der Waals surface area contributed by atoms with Crippen LogP contribution in [-0.4, -0.2) is 42.4 Å². The van der Waals surface area contributed by atoms with Gasteiger partial charge in [-0.1, -0.05) is 30.3 Å². The molecule has 0 bridgehead atoms. The zero-order valence-electron chi connectivity index (χ0n) is 20.7. The van der Waals surface area contributed by atoms with Crippen molar-refractivity contribution >= 4 is 40.6 Å². The van der Waals surface area contributed by atoms with Gasteiger partial charge in [0.15, 0.2) is 0 Å². The second-order valence-corrected chi connectivity index (χ2v) is 9.92. The Balaban J connectivity index is 2.51. The van der Waals surface area contributed by atoms with Gasteiger partial charge in [-0.05, 0) is 86.5 Å². The van der Waals surface area contributed by atoms with E-state index in [4.69, 9.17) is 18.9 Å². The van der Waals surface area contributed by atoms with Gasteiger partial charge >= 0.3 is 18.0 Å². The summed E-state index contributed by atoms with van der Waals surface area (Å²) in [6.45, 7) is 8.54. The first-order chi connectivity index (χ1) is 16.5. The Bertz CT molecular complexity index is 1000. The standard InChI is InChI=1S/C26H32INO7/c1-6-32-22(29)26(23(30)33-7-2,28-24(31)35-25(3,4)5)16-19-15-20(27)13-14-21(19)34-17-18-11-9-8-10-12-18/h8-15H,6-7,16-17H2,1-5H3,(H,28,31). The van der Waals surface area contributed by atoms with Crippen molar-refractivity contribution in [2.45, 2.75) is 58.8 Å². The van der Waals surface area contributed by atoms with Crippen LogP contribution in [0.15, 0.2) is 48.5 Å². The van der Waals surface area contributed by atoms with E-state index in [1.807, 2.05) is 36.4 Å². The Morgan fingerprint density at radius 2 is 1.51 bits per heavy atom. The Labute approximate surface area is 219 Å². The van der Waals surface area contributed by atoms with Crippen molar-refractivity contribution < 1.29 is 33.3 Å². The minimum Gasteiger partial charge on any atom is -0.489 e. The van der Waals surface area contributed by atoms with E-state index in [1.165, 1.54) is 0 Å². The second kappa shape index (κ2) is 12.8. The highest BCUT2D eigenvalue weighted by Gasteiger charge is 2.52. The lowest BCUT2D eigenvalue weighted by atomic mass is 9.90. The average molecular weight is 597 g/mol. The molecule has 190 valence electrons. The number of carbonyl (C=O) groups excluding carboxylic acids is 3. The summed E-state index contributed by atoms with van der Waals surface area (Å²) in [5, 5.41) is 2.46. The number of esters is 2. The molecule has 9 heteroatoms. The maximum atomic E-state index is 13.2. The molecule has 0 spiro atoms. The van der Waals surface area contributed by atoms with Crippen molar-refractivity contribution in [1.82, 2.24) is 5.32 Å². The zero-order chi connectivity index (χ0) is 26.1. The molecule has 0 fully saturated rings. The van der Waals surface area contributed by atoms with Crippen LogP contribution in [0.3, 0.4) is 0 Å². The summed E-state index contributed by atoms with van der Waals surface area (Å²) in [6, 6.07) is 15.0. The van der Waals surface area contributed by atoms with Gasteiger partial charge in [0.2, 0.25) is 5.54 Å². The number of benzene rings is 2. The summed E-state index contributed by atoms with van der Waals surface area (Å²) < 4.78 is 22.7. The van der Waals surface area contributed by atoms with Gasteiger partial charge in [-0.15, -0.1) is 0 Å². The SMILES string of the molecule is CCOC(=O)C(Cc1cc(I)ccc1OCc1ccccc1)(NC(=O)OC(C)(C)C)C(=O)OCC. The van der Waals surface area contributed by atoms with Crippen molar-refractivity contribution in [2.75, 3.05) is 13.2 Å². The quantitative estimate of drug-likeness (QED) is 0.182. The van der Waals surface area contributed by atoms with Crippen molar-refractivity contribution in [3.05, 3.63) is 63.2 Å². The Morgan fingerprint density at radius 3 is 2.06 bits per heavy atom. The van der Waals surface area contributed by atoms with Gasteiger partial charge in [0.1, 0.15) is 18.0 Å². The number of amides is 1. The fourth-order valence-electron chi connectivity index (χ4n) is 3.21. The van der Waals surface area contributed by atoms with E-state index in [2.05, 4.69) is 27.9 Å². The van der Waals surface area contributed by atoms with Gasteiger partial charge in [0.05, 0.1) is 13.2 Å². The Kier molecular flexibility index (Phi) is 10.4. The molecule has 0 saturated heterocycles. The van der Waals surface area contributed by atoms with Crippen LogP contribution in [0.5, 0.6) is 5.75 Å². The maximum absolute atomic E-state index is 13.2. The summed E-state index contributed by atoms with van der Waals surface area (Å²) in [7, 11) is 0. The Morgan fingerprint density at radius 1 is 0.914 bits per heavy atom. The first kappa shape index (κ1) is 28.4. The molecule has 0 unspecified atom stereocenters. The number of hydrogen-bond acceptors (Lipinski definition) is 7. The molecule has 2 aromatic carbocycles. The fourth-order valence-corrected chi connectivity index (χ4v) is 3.76. The summed E-state index contributed by atoms with van der Waals surface area (Å²) in [5.74, 6) is -1.44. The molecular formula is C26H32INO7. The van der Waals surface area contributed by atoms with E-state index < -0.39 is 29.2 Å². The third-order valence-corrected chi connectivity index (χ3v) is 5.35. The molecule has 0 aliphatic heterocycles. The lowest BCUT2D eigenvalue weighted by molar-refractivity contribution is -0.166. The molecular weight excluding hydrogens is 565 g/mol. The lowest BCUT2D eigenvalue weighted by Gasteiger charge is -2.31. The number of ether oxygens (including phenoxy) is 4. The first-order valence-corrected chi connectivity index (χ1v) is 12.4. The molecule has 0 heterocycles. The number of halogens is 1. The number of carbonyl (C=O) groups is 3. The van der Waals surface area contributed by atoms with Gasteiger partial charge < -0.3 is 18.9 Å². The summed E-state index contributed by atoms with van der Waals surface area (Å²) in [5.41, 5.74) is -1.56. The first-order valence-electron chi connectivity index (χ1n) is 11.3. The van der Waals surface area contributed by atoms with Crippen molar-refractivity contribution in [1.29, 1.82) is 0 Å². The molecule has 0 aliphatic carbocycles. The highest BCUT2D eigenvalue weighted by molar-refractivity contribution is 14.1. The van der Waals surface area contributed by atoms with Gasteiger partial charge in [0.25, 0.3) is 0 Å². The summed E-state index contributed by atoms with van der Waals surface area (Å²) in [6.07, 6.45) is -1.21. The van der Waals surface area contributed by atoms with Crippen LogP contribution in [-0.2, 0) is 36.8 Å².